The fraction of sp³-hybridized carbons (Fsp3) is 0.222. The molecule has 5 radical (unpaired) electrons. The van der Waals surface area contributed by atoms with E-state index in [1.54, 1.807) is 25.3 Å². The molecule has 0 aliphatic carbocycles. The van der Waals surface area contributed by atoms with Crippen molar-refractivity contribution in [1.29, 1.82) is 0 Å². The molecular weight excluding hydrogens is 289 g/mol. The first-order valence-corrected chi connectivity index (χ1v) is 4.58. The number of benzene rings is 1. The van der Waals surface area contributed by atoms with Crippen LogP contribution in [0.2, 0.25) is 6.32 Å². The topological polar surface area (TPSA) is 52.8 Å². The van der Waals surface area contributed by atoms with Gasteiger partial charge in [0.1, 0.15) is 5.75 Å². The van der Waals surface area contributed by atoms with Gasteiger partial charge in [-0.15, -0.1) is 0 Å². The molecule has 0 aromatic heterocycles. The van der Waals surface area contributed by atoms with Crippen LogP contribution in [-0.4, -0.2) is 38.5 Å². The van der Waals surface area contributed by atoms with Crippen molar-refractivity contribution in [3.05, 3.63) is 29.8 Å². The van der Waals surface area contributed by atoms with Crippen molar-refractivity contribution < 1.29 is 29.8 Å². The molecule has 0 saturated heterocycles. The predicted octanol–water partition coefficient (Wildman–Crippen LogP) is 1.03. The number of phenols is 1. The standard InChI is InChI=1S/C7H7NO2.C2H5B3.Rh/c9-7-4-2-1-3-6(7)5-8-10;1-2-4-5-3;/h1-5,9-10H;2H2,1H3;. The van der Waals surface area contributed by atoms with Crippen LogP contribution in [0.5, 0.6) is 5.75 Å². The number of aromatic hydroxyl groups is 1. The first kappa shape index (κ1) is 17.7. The van der Waals surface area contributed by atoms with Gasteiger partial charge in [0.05, 0.1) is 13.4 Å². The van der Waals surface area contributed by atoms with Gasteiger partial charge in [0.15, 0.2) is 0 Å². The van der Waals surface area contributed by atoms with E-state index >= 15 is 0 Å². The van der Waals surface area contributed by atoms with E-state index in [-0.39, 0.29) is 25.2 Å². The van der Waals surface area contributed by atoms with Gasteiger partial charge in [0.2, 0.25) is 0 Å². The Morgan fingerprint density at radius 1 is 1.44 bits per heavy atom. The van der Waals surface area contributed by atoms with Gasteiger partial charge in [-0.25, -0.2) is 0 Å². The van der Waals surface area contributed by atoms with Crippen LogP contribution in [0.4, 0.5) is 0 Å². The summed E-state index contributed by atoms with van der Waals surface area (Å²) < 4.78 is 0. The molecule has 0 heterocycles. The first-order chi connectivity index (χ1) is 7.26. The Kier molecular flexibility index (Phi) is 13.7. The molecule has 1 aromatic rings. The molecule has 0 fully saturated rings. The van der Waals surface area contributed by atoms with Gasteiger partial charge in [-0.2, -0.15) is 0 Å². The zero-order chi connectivity index (χ0) is 11.5. The number of nitrogens with zero attached hydrogens (tertiary/aromatic N) is 1. The van der Waals surface area contributed by atoms with E-state index in [0.29, 0.717) is 5.56 Å². The molecular formula is C9H12B3NO2Rh. The number of oxime groups is 1. The number of hydrogen-bond donors (Lipinski definition) is 2. The van der Waals surface area contributed by atoms with Crippen LogP contribution >= 0.6 is 0 Å². The summed E-state index contributed by atoms with van der Waals surface area (Å²) in [5.74, 6) is 0.111. The van der Waals surface area contributed by atoms with E-state index in [1.165, 1.54) is 12.3 Å². The summed E-state index contributed by atoms with van der Waals surface area (Å²) in [7, 11) is 8.42. The summed E-state index contributed by atoms with van der Waals surface area (Å²) in [6, 6.07) is 6.62. The second kappa shape index (κ2) is 12.4. The van der Waals surface area contributed by atoms with Crippen molar-refractivity contribution in [2.24, 2.45) is 5.16 Å². The average Bonchev–Trinajstić information content (AvgIpc) is 2.24. The number of phenolic OH excluding ortho intramolecular Hbond substituents is 1. The molecule has 3 nitrogen and oxygen atoms in total. The summed E-state index contributed by atoms with van der Waals surface area (Å²) >= 11 is 0. The molecule has 2 N–H and O–H groups in total. The van der Waals surface area contributed by atoms with Gasteiger partial charge in [-0.05, 0) is 12.1 Å². The monoisotopic (exact) mass is 302 g/mol. The van der Waals surface area contributed by atoms with E-state index in [0.717, 1.165) is 6.32 Å². The van der Waals surface area contributed by atoms with Crippen molar-refractivity contribution in [3.63, 3.8) is 0 Å². The van der Waals surface area contributed by atoms with E-state index in [9.17, 15) is 0 Å². The van der Waals surface area contributed by atoms with E-state index in [2.05, 4.69) is 5.16 Å². The molecule has 83 valence electrons. The van der Waals surface area contributed by atoms with Crippen LogP contribution in [0.25, 0.3) is 0 Å². The number of para-hydroxylation sites is 1. The first-order valence-electron chi connectivity index (χ1n) is 4.58. The zero-order valence-corrected chi connectivity index (χ0v) is 10.6. The Labute approximate surface area is 112 Å². The second-order valence-corrected chi connectivity index (χ2v) is 2.64. The molecule has 7 heteroatoms. The SMILES string of the molecule is ON=Cc1ccccc1O.[B][B][B]CC.[Rh]. The maximum absolute atomic E-state index is 9.04. The van der Waals surface area contributed by atoms with Crippen LogP contribution in [0.1, 0.15) is 12.5 Å². The van der Waals surface area contributed by atoms with Gasteiger partial charge in [0.25, 0.3) is 0 Å². The van der Waals surface area contributed by atoms with Crippen molar-refractivity contribution >= 4 is 28.2 Å². The Morgan fingerprint density at radius 2 is 2.06 bits per heavy atom. The summed E-state index contributed by atoms with van der Waals surface area (Å²) in [6.45, 7) is 2.04. The third-order valence-electron chi connectivity index (χ3n) is 1.51. The van der Waals surface area contributed by atoms with Crippen molar-refractivity contribution in [3.8, 4) is 5.75 Å². The predicted molar refractivity (Wildman–Crippen MR) is 65.2 cm³/mol. The summed E-state index contributed by atoms with van der Waals surface area (Å²) in [6.07, 6.45) is 2.21. The Balaban J connectivity index is 0. The van der Waals surface area contributed by atoms with Crippen LogP contribution in [0, 0.1) is 0 Å². The average molecular weight is 302 g/mol. The smallest absolute Gasteiger partial charge is 0.124 e. The van der Waals surface area contributed by atoms with Crippen molar-refractivity contribution in [2.75, 3.05) is 0 Å². The minimum Gasteiger partial charge on any atom is -0.507 e. The molecule has 0 bridgehead atoms. The molecule has 0 atom stereocenters. The molecule has 0 amide bonds. The molecule has 0 aliphatic heterocycles. The van der Waals surface area contributed by atoms with Crippen molar-refractivity contribution in [2.45, 2.75) is 13.2 Å². The number of hydrogen-bond acceptors (Lipinski definition) is 3. The van der Waals surface area contributed by atoms with Gasteiger partial charge in [-0.3, -0.25) is 0 Å². The molecule has 0 aliphatic rings. The van der Waals surface area contributed by atoms with Gasteiger partial charge >= 0.3 is 0 Å². The molecule has 0 unspecified atom stereocenters. The van der Waals surface area contributed by atoms with Crippen LogP contribution < -0.4 is 0 Å². The third kappa shape index (κ3) is 8.60. The maximum Gasteiger partial charge on any atom is 0.124 e. The van der Waals surface area contributed by atoms with Gasteiger partial charge in [0, 0.05) is 39.8 Å². The van der Waals surface area contributed by atoms with Crippen LogP contribution in [-0.2, 0) is 19.5 Å². The quantitative estimate of drug-likeness (QED) is 0.379. The van der Waals surface area contributed by atoms with Crippen LogP contribution in [0.15, 0.2) is 29.4 Å². The van der Waals surface area contributed by atoms with Gasteiger partial charge in [-0.1, -0.05) is 30.5 Å². The maximum atomic E-state index is 9.04. The van der Waals surface area contributed by atoms with E-state index in [1.807, 2.05) is 14.1 Å². The molecule has 1 aromatic carbocycles. The van der Waals surface area contributed by atoms with E-state index < -0.39 is 0 Å². The normalized spacial score (nSPS) is 8.56. The van der Waals surface area contributed by atoms with Crippen LogP contribution in [0.3, 0.4) is 0 Å². The largest absolute Gasteiger partial charge is 0.507 e. The second-order valence-electron chi connectivity index (χ2n) is 2.64. The summed E-state index contributed by atoms with van der Waals surface area (Å²) in [4.78, 5) is 0. The third-order valence-corrected chi connectivity index (χ3v) is 1.51. The summed E-state index contributed by atoms with van der Waals surface area (Å²) in [5.41, 5.74) is 0.505. The fourth-order valence-corrected chi connectivity index (χ4v) is 0.795. The Hall–Kier alpha value is -0.692. The summed E-state index contributed by atoms with van der Waals surface area (Å²) in [5, 5.41) is 19.9. The van der Waals surface area contributed by atoms with E-state index in [4.69, 9.17) is 18.1 Å². The zero-order valence-electron chi connectivity index (χ0n) is 9.00. The molecule has 16 heavy (non-hydrogen) atoms. The Bertz CT molecular complexity index is 298. The van der Waals surface area contributed by atoms with Gasteiger partial charge < -0.3 is 10.3 Å². The molecule has 0 saturated carbocycles. The molecule has 1 rings (SSSR count). The number of rotatable bonds is 3. The minimum atomic E-state index is 0. The minimum absolute atomic E-state index is 0. The molecule has 0 spiro atoms. The fourth-order valence-electron chi connectivity index (χ4n) is 0.795. The Morgan fingerprint density at radius 3 is 2.44 bits per heavy atom. The van der Waals surface area contributed by atoms with Crippen molar-refractivity contribution in [1.82, 2.24) is 0 Å².